The van der Waals surface area contributed by atoms with Crippen LogP contribution in [0.3, 0.4) is 0 Å². The highest BCUT2D eigenvalue weighted by molar-refractivity contribution is 7.89. The molecule has 0 aliphatic carbocycles. The van der Waals surface area contributed by atoms with E-state index in [0.29, 0.717) is 13.1 Å². The molecule has 3 N–H and O–H groups in total. The van der Waals surface area contributed by atoms with Crippen molar-refractivity contribution in [2.24, 2.45) is 5.14 Å². The van der Waals surface area contributed by atoms with Gasteiger partial charge in [0.2, 0.25) is 20.0 Å². The van der Waals surface area contributed by atoms with Crippen LogP contribution in [0.4, 0.5) is 5.69 Å². The molecule has 0 saturated carbocycles. The van der Waals surface area contributed by atoms with Gasteiger partial charge in [-0.25, -0.2) is 22.0 Å². The SMILES string of the molecule is NS(=O)(=O)c1cccc(NC(=O)c2ccc(S(=O)(=O)N3CCCC3)cc2)c1. The summed E-state index contributed by atoms with van der Waals surface area (Å²) in [5.74, 6) is -0.494. The zero-order chi connectivity index (χ0) is 19.7. The molecule has 10 heteroatoms. The van der Waals surface area contributed by atoms with Gasteiger partial charge in [-0.1, -0.05) is 6.07 Å². The monoisotopic (exact) mass is 409 g/mol. The molecular weight excluding hydrogens is 390 g/mol. The van der Waals surface area contributed by atoms with Crippen molar-refractivity contribution < 1.29 is 21.6 Å². The van der Waals surface area contributed by atoms with Crippen LogP contribution in [0.25, 0.3) is 0 Å². The maximum absolute atomic E-state index is 12.5. The summed E-state index contributed by atoms with van der Waals surface area (Å²) in [6.07, 6.45) is 1.69. The summed E-state index contributed by atoms with van der Waals surface area (Å²) in [5, 5.41) is 7.64. The Labute approximate surface area is 158 Å². The lowest BCUT2D eigenvalue weighted by Crippen LogP contribution is -2.27. The number of nitrogens with two attached hydrogens (primary N) is 1. The topological polar surface area (TPSA) is 127 Å². The van der Waals surface area contributed by atoms with Crippen molar-refractivity contribution in [1.29, 1.82) is 0 Å². The number of rotatable bonds is 5. The van der Waals surface area contributed by atoms with Crippen molar-refractivity contribution in [3.63, 3.8) is 0 Å². The van der Waals surface area contributed by atoms with Crippen LogP contribution in [0, 0.1) is 0 Å². The number of anilines is 1. The third-order valence-electron chi connectivity index (χ3n) is 4.24. The quantitative estimate of drug-likeness (QED) is 0.771. The highest BCUT2D eigenvalue weighted by atomic mass is 32.2. The minimum absolute atomic E-state index is 0.118. The average Bonchev–Trinajstić information content (AvgIpc) is 3.17. The first kappa shape index (κ1) is 19.5. The van der Waals surface area contributed by atoms with Gasteiger partial charge in [-0.05, 0) is 55.3 Å². The molecule has 0 radical (unpaired) electrons. The summed E-state index contributed by atoms with van der Waals surface area (Å²) < 4.78 is 49.2. The van der Waals surface area contributed by atoms with Crippen LogP contribution in [-0.2, 0) is 20.0 Å². The van der Waals surface area contributed by atoms with Gasteiger partial charge in [-0.3, -0.25) is 4.79 Å². The molecule has 8 nitrogen and oxygen atoms in total. The summed E-state index contributed by atoms with van der Waals surface area (Å²) in [6.45, 7) is 1.01. The number of nitrogens with one attached hydrogen (secondary N) is 1. The predicted octanol–water partition coefficient (Wildman–Crippen LogP) is 1.37. The van der Waals surface area contributed by atoms with Crippen molar-refractivity contribution in [1.82, 2.24) is 4.31 Å². The van der Waals surface area contributed by atoms with E-state index in [2.05, 4.69) is 5.32 Å². The number of benzene rings is 2. The maximum atomic E-state index is 12.5. The van der Waals surface area contributed by atoms with Crippen LogP contribution >= 0.6 is 0 Å². The van der Waals surface area contributed by atoms with Crippen LogP contribution in [0.1, 0.15) is 23.2 Å². The van der Waals surface area contributed by atoms with Crippen LogP contribution in [0.15, 0.2) is 58.3 Å². The van der Waals surface area contributed by atoms with E-state index in [0.717, 1.165) is 12.8 Å². The Hall–Kier alpha value is -2.27. The Bertz CT molecular complexity index is 1060. The number of hydrogen-bond donors (Lipinski definition) is 2. The van der Waals surface area contributed by atoms with Gasteiger partial charge in [0.05, 0.1) is 9.79 Å². The summed E-state index contributed by atoms with van der Waals surface area (Å²) in [5.41, 5.74) is 0.511. The molecule has 1 saturated heterocycles. The number of amides is 1. The van der Waals surface area contributed by atoms with Crippen molar-refractivity contribution in [3.8, 4) is 0 Å². The van der Waals surface area contributed by atoms with E-state index in [-0.39, 0.29) is 21.0 Å². The fraction of sp³-hybridized carbons (Fsp3) is 0.235. The summed E-state index contributed by atoms with van der Waals surface area (Å²) in [6, 6.07) is 11.2. The smallest absolute Gasteiger partial charge is 0.255 e. The number of primary sulfonamides is 1. The van der Waals surface area contributed by atoms with Crippen molar-refractivity contribution >= 4 is 31.6 Å². The molecule has 27 heavy (non-hydrogen) atoms. The predicted molar refractivity (Wildman–Crippen MR) is 100 cm³/mol. The fourth-order valence-electron chi connectivity index (χ4n) is 2.81. The molecule has 0 bridgehead atoms. The Kier molecular flexibility index (Phi) is 5.33. The van der Waals surface area contributed by atoms with E-state index in [1.807, 2.05) is 0 Å². The number of nitrogens with zero attached hydrogens (tertiary/aromatic N) is 1. The van der Waals surface area contributed by atoms with Crippen molar-refractivity contribution in [2.75, 3.05) is 18.4 Å². The summed E-state index contributed by atoms with van der Waals surface area (Å²) in [7, 11) is -7.42. The second-order valence-electron chi connectivity index (χ2n) is 6.16. The molecule has 1 aliphatic heterocycles. The van der Waals surface area contributed by atoms with Crippen LogP contribution in [-0.4, -0.2) is 40.1 Å². The lowest BCUT2D eigenvalue weighted by molar-refractivity contribution is 0.102. The Morgan fingerprint density at radius 1 is 0.926 bits per heavy atom. The van der Waals surface area contributed by atoms with Gasteiger partial charge >= 0.3 is 0 Å². The number of sulfonamides is 2. The minimum atomic E-state index is -3.88. The Morgan fingerprint density at radius 3 is 2.15 bits per heavy atom. The third kappa shape index (κ3) is 4.35. The molecule has 0 unspecified atom stereocenters. The molecule has 1 heterocycles. The van der Waals surface area contributed by atoms with E-state index in [1.54, 1.807) is 0 Å². The van der Waals surface area contributed by atoms with Gasteiger partial charge in [-0.2, -0.15) is 4.31 Å². The minimum Gasteiger partial charge on any atom is -0.322 e. The maximum Gasteiger partial charge on any atom is 0.255 e. The van der Waals surface area contributed by atoms with Crippen LogP contribution in [0.5, 0.6) is 0 Å². The van der Waals surface area contributed by atoms with Gasteiger partial charge < -0.3 is 5.32 Å². The zero-order valence-electron chi connectivity index (χ0n) is 14.3. The molecule has 144 valence electrons. The van der Waals surface area contributed by atoms with Gasteiger partial charge in [0.1, 0.15) is 0 Å². The highest BCUT2D eigenvalue weighted by Crippen LogP contribution is 2.21. The highest BCUT2D eigenvalue weighted by Gasteiger charge is 2.27. The third-order valence-corrected chi connectivity index (χ3v) is 7.06. The van der Waals surface area contributed by atoms with Crippen molar-refractivity contribution in [3.05, 3.63) is 54.1 Å². The second kappa shape index (κ2) is 7.39. The normalized spacial score (nSPS) is 15.6. The molecule has 0 aromatic heterocycles. The average molecular weight is 409 g/mol. The van der Waals surface area contributed by atoms with Crippen LogP contribution in [0.2, 0.25) is 0 Å². The Balaban J connectivity index is 1.77. The van der Waals surface area contributed by atoms with E-state index in [9.17, 15) is 21.6 Å². The molecule has 0 atom stereocenters. The summed E-state index contributed by atoms with van der Waals surface area (Å²) >= 11 is 0. The molecular formula is C17H19N3O5S2. The van der Waals surface area contributed by atoms with Crippen LogP contribution < -0.4 is 10.5 Å². The second-order valence-corrected chi connectivity index (χ2v) is 9.66. The van der Waals surface area contributed by atoms with E-state index in [4.69, 9.17) is 5.14 Å². The number of carbonyl (C=O) groups is 1. The molecule has 1 amide bonds. The lowest BCUT2D eigenvalue weighted by atomic mass is 10.2. The zero-order valence-corrected chi connectivity index (χ0v) is 16.0. The fourth-order valence-corrected chi connectivity index (χ4v) is 4.89. The molecule has 0 spiro atoms. The summed E-state index contributed by atoms with van der Waals surface area (Å²) in [4.78, 5) is 12.4. The van der Waals surface area contributed by atoms with Gasteiger partial charge in [0, 0.05) is 24.3 Å². The largest absolute Gasteiger partial charge is 0.322 e. The molecule has 2 aromatic carbocycles. The lowest BCUT2D eigenvalue weighted by Gasteiger charge is -2.15. The molecule has 1 aliphatic rings. The molecule has 1 fully saturated rings. The van der Waals surface area contributed by atoms with Gasteiger partial charge in [0.15, 0.2) is 0 Å². The first-order chi connectivity index (χ1) is 12.7. The number of carbonyl (C=O) groups excluding carboxylic acids is 1. The van der Waals surface area contributed by atoms with Gasteiger partial charge in [0.25, 0.3) is 5.91 Å². The molecule has 3 rings (SSSR count). The standard InChI is InChI=1S/C17H19N3O5S2/c18-26(22,23)16-5-3-4-14(12-16)19-17(21)13-6-8-15(9-7-13)27(24,25)20-10-1-2-11-20/h3-9,12H,1-2,10-11H2,(H,19,21)(H2,18,22,23). The van der Waals surface area contributed by atoms with E-state index >= 15 is 0 Å². The van der Waals surface area contributed by atoms with E-state index < -0.39 is 26.0 Å². The van der Waals surface area contributed by atoms with Gasteiger partial charge in [-0.15, -0.1) is 0 Å². The first-order valence-electron chi connectivity index (χ1n) is 8.22. The Morgan fingerprint density at radius 2 is 1.56 bits per heavy atom. The van der Waals surface area contributed by atoms with Crippen molar-refractivity contribution in [2.45, 2.75) is 22.6 Å². The van der Waals surface area contributed by atoms with E-state index in [1.165, 1.54) is 52.8 Å². The molecule has 2 aromatic rings. The first-order valence-corrected chi connectivity index (χ1v) is 11.2. The number of hydrogen-bond acceptors (Lipinski definition) is 5.